The Kier molecular flexibility index (Phi) is 4.76. The molecule has 21 heavy (non-hydrogen) atoms. The third kappa shape index (κ3) is 3.69. The molecule has 0 spiro atoms. The Labute approximate surface area is 127 Å². The number of rotatable bonds is 4. The predicted molar refractivity (Wildman–Crippen MR) is 86.6 cm³/mol. The lowest BCUT2D eigenvalue weighted by Gasteiger charge is -2.34. The van der Waals surface area contributed by atoms with E-state index in [2.05, 4.69) is 12.2 Å². The fourth-order valence-corrected chi connectivity index (χ4v) is 3.08. The Bertz CT molecular complexity index is 520. The number of anilines is 2. The monoisotopic (exact) mass is 290 g/mol. The van der Waals surface area contributed by atoms with Gasteiger partial charge in [-0.3, -0.25) is 0 Å². The second-order valence-electron chi connectivity index (χ2n) is 6.47. The number of methoxy groups -OCH3 is 1. The average Bonchev–Trinajstić information content (AvgIpc) is 2.48. The van der Waals surface area contributed by atoms with Gasteiger partial charge in [0.15, 0.2) is 0 Å². The molecule has 1 aromatic rings. The topological polar surface area (TPSA) is 64.3 Å². The maximum Gasteiger partial charge on any atom is 0.340 e. The number of nitrogen functional groups attached to an aromatic ring is 1. The van der Waals surface area contributed by atoms with Gasteiger partial charge in [-0.2, -0.15) is 0 Å². The molecule has 1 aliphatic rings. The minimum atomic E-state index is -0.386. The van der Waals surface area contributed by atoms with Gasteiger partial charge in [0.25, 0.3) is 0 Å². The number of nitrogens with one attached hydrogen (secondary N) is 1. The van der Waals surface area contributed by atoms with Crippen molar-refractivity contribution in [1.82, 2.24) is 0 Å². The Morgan fingerprint density at radius 2 is 2.00 bits per heavy atom. The number of benzene rings is 1. The molecule has 4 nitrogen and oxygen atoms in total. The van der Waals surface area contributed by atoms with E-state index in [1.54, 1.807) is 6.07 Å². The second kappa shape index (κ2) is 6.37. The zero-order valence-corrected chi connectivity index (χ0v) is 13.3. The summed E-state index contributed by atoms with van der Waals surface area (Å²) in [6, 6.07) is 3.79. The van der Waals surface area contributed by atoms with Crippen molar-refractivity contribution in [1.29, 1.82) is 0 Å². The zero-order chi connectivity index (χ0) is 15.5. The van der Waals surface area contributed by atoms with Crippen LogP contribution in [0, 0.1) is 12.3 Å². The van der Waals surface area contributed by atoms with E-state index in [0.29, 0.717) is 16.7 Å². The molecule has 0 saturated heterocycles. The van der Waals surface area contributed by atoms with Crippen molar-refractivity contribution in [2.45, 2.75) is 46.0 Å². The Morgan fingerprint density at radius 3 is 2.62 bits per heavy atom. The predicted octanol–water partition coefficient (Wildman–Crippen LogP) is 3.75. The van der Waals surface area contributed by atoms with Crippen LogP contribution in [0.5, 0.6) is 0 Å². The number of aryl methyl sites for hydroxylation is 1. The molecule has 0 radical (unpaired) electrons. The van der Waals surface area contributed by atoms with Crippen molar-refractivity contribution in [3.05, 3.63) is 23.3 Å². The molecule has 1 aromatic carbocycles. The summed E-state index contributed by atoms with van der Waals surface area (Å²) < 4.78 is 4.79. The van der Waals surface area contributed by atoms with Crippen LogP contribution in [0.25, 0.3) is 0 Å². The number of hydrogen-bond acceptors (Lipinski definition) is 4. The van der Waals surface area contributed by atoms with E-state index in [1.807, 2.05) is 13.0 Å². The summed E-state index contributed by atoms with van der Waals surface area (Å²) in [6.45, 7) is 5.18. The average molecular weight is 290 g/mol. The highest BCUT2D eigenvalue weighted by atomic mass is 16.5. The summed E-state index contributed by atoms with van der Waals surface area (Å²) in [5.41, 5.74) is 9.08. The fraction of sp³-hybridized carbons (Fsp3) is 0.588. The standard InChI is InChI=1S/C17H26N2O2/c1-12-9-13(10-14(15(12)18)16(20)21-3)19-11-17(2)7-5-4-6-8-17/h9-10,19H,4-8,11,18H2,1-3H3. The SMILES string of the molecule is COC(=O)c1cc(NCC2(C)CCCCC2)cc(C)c1N. The van der Waals surface area contributed by atoms with Crippen molar-refractivity contribution >= 4 is 17.3 Å². The molecule has 4 heteroatoms. The molecule has 0 unspecified atom stereocenters. The number of carbonyl (C=O) groups excluding carboxylic acids is 1. The van der Waals surface area contributed by atoms with Gasteiger partial charge in [-0.05, 0) is 42.9 Å². The minimum absolute atomic E-state index is 0.346. The smallest absolute Gasteiger partial charge is 0.340 e. The third-order valence-corrected chi connectivity index (χ3v) is 4.57. The second-order valence-corrected chi connectivity index (χ2v) is 6.47. The van der Waals surface area contributed by atoms with Crippen LogP contribution in [0.1, 0.15) is 54.9 Å². The fourth-order valence-electron chi connectivity index (χ4n) is 3.08. The molecule has 2 rings (SSSR count). The maximum atomic E-state index is 11.8. The normalized spacial score (nSPS) is 17.3. The summed E-state index contributed by atoms with van der Waals surface area (Å²) in [7, 11) is 1.38. The van der Waals surface area contributed by atoms with Crippen LogP contribution in [0.2, 0.25) is 0 Å². The molecule has 0 atom stereocenters. The van der Waals surface area contributed by atoms with E-state index in [-0.39, 0.29) is 5.97 Å². The van der Waals surface area contributed by atoms with Gasteiger partial charge in [0.1, 0.15) is 0 Å². The van der Waals surface area contributed by atoms with Gasteiger partial charge >= 0.3 is 5.97 Å². The van der Waals surface area contributed by atoms with E-state index in [4.69, 9.17) is 10.5 Å². The molecule has 1 fully saturated rings. The van der Waals surface area contributed by atoms with Gasteiger partial charge in [0.05, 0.1) is 12.7 Å². The van der Waals surface area contributed by atoms with Gasteiger partial charge in [0.2, 0.25) is 0 Å². The van der Waals surface area contributed by atoms with Gasteiger partial charge in [0, 0.05) is 17.9 Å². The van der Waals surface area contributed by atoms with Crippen LogP contribution in [0.15, 0.2) is 12.1 Å². The highest BCUT2D eigenvalue weighted by Crippen LogP contribution is 2.36. The van der Waals surface area contributed by atoms with E-state index in [9.17, 15) is 4.79 Å². The summed E-state index contributed by atoms with van der Waals surface area (Å²) in [5.74, 6) is -0.386. The molecule has 0 aliphatic heterocycles. The van der Waals surface area contributed by atoms with Gasteiger partial charge in [-0.25, -0.2) is 4.79 Å². The summed E-state index contributed by atoms with van der Waals surface area (Å²) in [5, 5.41) is 3.48. The summed E-state index contributed by atoms with van der Waals surface area (Å²) in [4.78, 5) is 11.8. The Balaban J connectivity index is 2.13. The number of hydrogen-bond donors (Lipinski definition) is 2. The molecule has 1 saturated carbocycles. The number of ether oxygens (including phenoxy) is 1. The van der Waals surface area contributed by atoms with E-state index < -0.39 is 0 Å². The highest BCUT2D eigenvalue weighted by Gasteiger charge is 2.26. The van der Waals surface area contributed by atoms with Crippen molar-refractivity contribution in [2.24, 2.45) is 5.41 Å². The quantitative estimate of drug-likeness (QED) is 0.655. The Morgan fingerprint density at radius 1 is 1.33 bits per heavy atom. The van der Waals surface area contributed by atoms with Crippen LogP contribution in [-0.2, 0) is 4.74 Å². The first-order valence-electron chi connectivity index (χ1n) is 7.67. The molecule has 1 aliphatic carbocycles. The van der Waals surface area contributed by atoms with Crippen LogP contribution in [0.4, 0.5) is 11.4 Å². The summed E-state index contributed by atoms with van der Waals surface area (Å²) in [6.07, 6.45) is 6.50. The van der Waals surface area contributed by atoms with Crippen molar-refractivity contribution < 1.29 is 9.53 Å². The lowest BCUT2D eigenvalue weighted by atomic mass is 9.75. The lowest BCUT2D eigenvalue weighted by molar-refractivity contribution is 0.0602. The number of esters is 1. The third-order valence-electron chi connectivity index (χ3n) is 4.57. The lowest BCUT2D eigenvalue weighted by Crippen LogP contribution is -2.29. The molecule has 0 heterocycles. The first kappa shape index (κ1) is 15.7. The van der Waals surface area contributed by atoms with E-state index in [1.165, 1.54) is 39.2 Å². The zero-order valence-electron chi connectivity index (χ0n) is 13.3. The number of nitrogens with two attached hydrogens (primary N) is 1. The number of carbonyl (C=O) groups is 1. The van der Waals surface area contributed by atoms with Crippen LogP contribution >= 0.6 is 0 Å². The van der Waals surface area contributed by atoms with Gasteiger partial charge in [-0.15, -0.1) is 0 Å². The molecular formula is C17H26N2O2. The van der Waals surface area contributed by atoms with Crippen LogP contribution < -0.4 is 11.1 Å². The van der Waals surface area contributed by atoms with Crippen LogP contribution in [-0.4, -0.2) is 19.6 Å². The molecule has 0 amide bonds. The highest BCUT2D eigenvalue weighted by molar-refractivity contribution is 5.97. The van der Waals surface area contributed by atoms with Crippen molar-refractivity contribution in [2.75, 3.05) is 24.7 Å². The molecular weight excluding hydrogens is 264 g/mol. The van der Waals surface area contributed by atoms with Gasteiger partial charge < -0.3 is 15.8 Å². The van der Waals surface area contributed by atoms with E-state index in [0.717, 1.165) is 17.8 Å². The molecule has 116 valence electrons. The van der Waals surface area contributed by atoms with Crippen LogP contribution in [0.3, 0.4) is 0 Å². The van der Waals surface area contributed by atoms with Gasteiger partial charge in [-0.1, -0.05) is 26.2 Å². The minimum Gasteiger partial charge on any atom is -0.465 e. The summed E-state index contributed by atoms with van der Waals surface area (Å²) >= 11 is 0. The van der Waals surface area contributed by atoms with Crippen molar-refractivity contribution in [3.8, 4) is 0 Å². The van der Waals surface area contributed by atoms with Crippen molar-refractivity contribution in [3.63, 3.8) is 0 Å². The molecule has 3 N–H and O–H groups in total. The maximum absolute atomic E-state index is 11.8. The van der Waals surface area contributed by atoms with E-state index >= 15 is 0 Å². The molecule has 0 bridgehead atoms. The molecule has 0 aromatic heterocycles. The largest absolute Gasteiger partial charge is 0.465 e. The first-order chi connectivity index (χ1) is 9.95. The Hall–Kier alpha value is -1.71. The first-order valence-corrected chi connectivity index (χ1v) is 7.67.